The van der Waals surface area contributed by atoms with Crippen molar-refractivity contribution in [2.45, 2.75) is 19.8 Å². The van der Waals surface area contributed by atoms with E-state index in [2.05, 4.69) is 41.6 Å². The van der Waals surface area contributed by atoms with Gasteiger partial charge in [0.2, 0.25) is 0 Å². The topological polar surface area (TPSA) is 37.0 Å². The third-order valence-electron chi connectivity index (χ3n) is 2.89. The van der Waals surface area contributed by atoms with Crippen LogP contribution in [-0.4, -0.2) is 24.6 Å². The molecule has 82 valence electrons. The zero-order chi connectivity index (χ0) is 10.7. The number of anilines is 1. The molecular formula is C12H19N3. The van der Waals surface area contributed by atoms with Crippen molar-refractivity contribution in [3.63, 3.8) is 0 Å². The average molecular weight is 205 g/mol. The second-order valence-electron chi connectivity index (χ2n) is 4.53. The smallest absolute Gasteiger partial charge is 0.126 e. The van der Waals surface area contributed by atoms with Gasteiger partial charge in [-0.25, -0.2) is 4.98 Å². The van der Waals surface area contributed by atoms with E-state index in [1.54, 1.807) is 0 Å². The zero-order valence-corrected chi connectivity index (χ0v) is 9.46. The molecule has 1 fully saturated rings. The van der Waals surface area contributed by atoms with Gasteiger partial charge in [0.15, 0.2) is 0 Å². The van der Waals surface area contributed by atoms with Gasteiger partial charge in [-0.05, 0) is 23.6 Å². The largest absolute Gasteiger partial charge is 0.370 e. The van der Waals surface area contributed by atoms with Crippen LogP contribution in [-0.2, 0) is 0 Å². The fourth-order valence-electron chi connectivity index (χ4n) is 1.64. The summed E-state index contributed by atoms with van der Waals surface area (Å²) in [7, 11) is 0. The molecule has 0 bridgehead atoms. The van der Waals surface area contributed by atoms with E-state index in [4.69, 9.17) is 0 Å². The van der Waals surface area contributed by atoms with Crippen LogP contribution in [0.4, 0.5) is 5.82 Å². The van der Waals surface area contributed by atoms with Crippen molar-refractivity contribution >= 4 is 5.82 Å². The lowest BCUT2D eigenvalue weighted by molar-refractivity contribution is 0.365. The van der Waals surface area contributed by atoms with Crippen molar-refractivity contribution in [2.24, 2.45) is 5.92 Å². The minimum Gasteiger partial charge on any atom is -0.370 e. The van der Waals surface area contributed by atoms with Gasteiger partial charge in [0, 0.05) is 31.7 Å². The fourth-order valence-corrected chi connectivity index (χ4v) is 1.64. The second kappa shape index (κ2) is 4.62. The number of pyridine rings is 1. The summed E-state index contributed by atoms with van der Waals surface area (Å²) in [4.78, 5) is 4.32. The van der Waals surface area contributed by atoms with Crippen LogP contribution in [0.3, 0.4) is 0 Å². The van der Waals surface area contributed by atoms with E-state index in [9.17, 15) is 0 Å². The molecule has 15 heavy (non-hydrogen) atoms. The molecule has 0 aliphatic carbocycles. The van der Waals surface area contributed by atoms with Crippen molar-refractivity contribution in [1.82, 2.24) is 10.3 Å². The molecule has 3 nitrogen and oxygen atoms in total. The van der Waals surface area contributed by atoms with Gasteiger partial charge in [-0.3, -0.25) is 0 Å². The Kier molecular flexibility index (Phi) is 3.21. The van der Waals surface area contributed by atoms with Crippen molar-refractivity contribution in [2.75, 3.05) is 25.0 Å². The Labute approximate surface area is 91.3 Å². The Hall–Kier alpha value is -1.09. The van der Waals surface area contributed by atoms with E-state index in [1.807, 2.05) is 6.20 Å². The van der Waals surface area contributed by atoms with Crippen LogP contribution in [0, 0.1) is 5.92 Å². The van der Waals surface area contributed by atoms with E-state index >= 15 is 0 Å². The molecule has 2 heterocycles. The number of hydrogen-bond acceptors (Lipinski definition) is 3. The highest BCUT2D eigenvalue weighted by Crippen LogP contribution is 2.16. The summed E-state index contributed by atoms with van der Waals surface area (Å²) >= 11 is 0. The fraction of sp³-hybridized carbons (Fsp3) is 0.583. The normalized spacial score (nSPS) is 16.5. The van der Waals surface area contributed by atoms with Crippen molar-refractivity contribution in [3.05, 3.63) is 23.9 Å². The maximum absolute atomic E-state index is 4.32. The number of nitrogens with one attached hydrogen (secondary N) is 2. The molecule has 1 aliphatic rings. The summed E-state index contributed by atoms with van der Waals surface area (Å²) < 4.78 is 0. The molecule has 1 aromatic rings. The minimum atomic E-state index is 0.568. The highest BCUT2D eigenvalue weighted by Gasteiger charge is 2.15. The van der Waals surface area contributed by atoms with Crippen LogP contribution in [0.1, 0.15) is 25.3 Å². The van der Waals surface area contributed by atoms with Gasteiger partial charge in [0.05, 0.1) is 0 Å². The first-order chi connectivity index (χ1) is 7.25. The van der Waals surface area contributed by atoms with Crippen molar-refractivity contribution in [1.29, 1.82) is 0 Å². The third kappa shape index (κ3) is 2.69. The highest BCUT2D eigenvalue weighted by atomic mass is 15.0. The Balaban J connectivity index is 1.92. The Morgan fingerprint density at radius 3 is 2.93 bits per heavy atom. The van der Waals surface area contributed by atoms with Gasteiger partial charge >= 0.3 is 0 Å². The highest BCUT2D eigenvalue weighted by molar-refractivity contribution is 5.38. The second-order valence-corrected chi connectivity index (χ2v) is 4.53. The Morgan fingerprint density at radius 1 is 1.53 bits per heavy atom. The van der Waals surface area contributed by atoms with E-state index in [-0.39, 0.29) is 0 Å². The number of aromatic nitrogens is 1. The summed E-state index contributed by atoms with van der Waals surface area (Å²) in [6, 6.07) is 4.23. The SMILES string of the molecule is CC(C)c1ccnc(NCC2CNC2)c1. The molecule has 0 aromatic carbocycles. The van der Waals surface area contributed by atoms with Gasteiger partial charge in [-0.15, -0.1) is 0 Å². The van der Waals surface area contributed by atoms with Crippen LogP contribution < -0.4 is 10.6 Å². The van der Waals surface area contributed by atoms with Gasteiger partial charge in [-0.1, -0.05) is 13.8 Å². The molecule has 0 radical (unpaired) electrons. The molecule has 1 aromatic heterocycles. The number of rotatable bonds is 4. The summed E-state index contributed by atoms with van der Waals surface area (Å²) in [5.74, 6) is 2.35. The third-order valence-corrected chi connectivity index (χ3v) is 2.89. The van der Waals surface area contributed by atoms with Crippen LogP contribution in [0.5, 0.6) is 0 Å². The summed E-state index contributed by atoms with van der Waals surface area (Å²) in [6.07, 6.45) is 1.89. The molecule has 0 spiro atoms. The molecule has 3 heteroatoms. The first-order valence-electron chi connectivity index (χ1n) is 5.66. The molecule has 2 rings (SSSR count). The monoisotopic (exact) mass is 205 g/mol. The van der Waals surface area contributed by atoms with Gasteiger partial charge < -0.3 is 10.6 Å². The Morgan fingerprint density at radius 2 is 2.33 bits per heavy atom. The lowest BCUT2D eigenvalue weighted by Gasteiger charge is -2.27. The summed E-state index contributed by atoms with van der Waals surface area (Å²) in [6.45, 7) is 7.71. The molecule has 0 unspecified atom stereocenters. The van der Waals surface area contributed by atoms with E-state index in [0.717, 1.165) is 31.4 Å². The first-order valence-corrected chi connectivity index (χ1v) is 5.66. The predicted octanol–water partition coefficient (Wildman–Crippen LogP) is 1.84. The molecular weight excluding hydrogens is 186 g/mol. The maximum atomic E-state index is 4.32. The number of hydrogen-bond donors (Lipinski definition) is 2. The molecule has 0 atom stereocenters. The standard InChI is InChI=1S/C12H19N3/c1-9(2)11-3-4-14-12(5-11)15-8-10-6-13-7-10/h3-5,9-10,13H,6-8H2,1-2H3,(H,14,15). The maximum Gasteiger partial charge on any atom is 0.126 e. The Bertz CT molecular complexity index is 318. The molecule has 0 saturated carbocycles. The van der Waals surface area contributed by atoms with Crippen LogP contribution >= 0.6 is 0 Å². The lowest BCUT2D eigenvalue weighted by Crippen LogP contribution is -2.45. The first kappa shape index (κ1) is 10.4. The number of nitrogens with zero attached hydrogens (tertiary/aromatic N) is 1. The van der Waals surface area contributed by atoms with E-state index in [0.29, 0.717) is 5.92 Å². The van der Waals surface area contributed by atoms with Crippen molar-refractivity contribution in [3.8, 4) is 0 Å². The van der Waals surface area contributed by atoms with Gasteiger partial charge in [0.1, 0.15) is 5.82 Å². The van der Waals surface area contributed by atoms with Crippen LogP contribution in [0.25, 0.3) is 0 Å². The van der Waals surface area contributed by atoms with Gasteiger partial charge in [-0.2, -0.15) is 0 Å². The quantitative estimate of drug-likeness (QED) is 0.787. The zero-order valence-electron chi connectivity index (χ0n) is 9.46. The van der Waals surface area contributed by atoms with Crippen LogP contribution in [0.15, 0.2) is 18.3 Å². The molecule has 1 saturated heterocycles. The lowest BCUT2D eigenvalue weighted by atomic mass is 10.0. The molecule has 0 amide bonds. The van der Waals surface area contributed by atoms with Gasteiger partial charge in [0.25, 0.3) is 0 Å². The minimum absolute atomic E-state index is 0.568. The summed E-state index contributed by atoms with van der Waals surface area (Å²) in [5.41, 5.74) is 1.35. The summed E-state index contributed by atoms with van der Waals surface area (Å²) in [5, 5.41) is 6.66. The van der Waals surface area contributed by atoms with E-state index < -0.39 is 0 Å². The van der Waals surface area contributed by atoms with E-state index in [1.165, 1.54) is 5.56 Å². The molecule has 2 N–H and O–H groups in total. The molecule has 1 aliphatic heterocycles. The van der Waals surface area contributed by atoms with Crippen molar-refractivity contribution < 1.29 is 0 Å². The van der Waals surface area contributed by atoms with Crippen LogP contribution in [0.2, 0.25) is 0 Å². The average Bonchev–Trinajstić information content (AvgIpc) is 2.16. The predicted molar refractivity (Wildman–Crippen MR) is 63.2 cm³/mol.